The van der Waals surface area contributed by atoms with E-state index in [9.17, 15) is 0 Å². The molecular weight excluding hydrogens is 452 g/mol. The average Bonchev–Trinajstić information content (AvgIpc) is 3.11. The Labute approximate surface area is 216 Å². The normalized spacial score (nSPS) is 13.5. The van der Waals surface area contributed by atoms with Crippen molar-refractivity contribution in [1.29, 1.82) is 0 Å². The lowest BCUT2D eigenvalue weighted by atomic mass is 9.95. The summed E-state index contributed by atoms with van der Waals surface area (Å²) in [6.07, 6.45) is 8.10. The van der Waals surface area contributed by atoms with E-state index in [0.29, 0.717) is 0 Å². The Hall–Kier alpha value is -4.96. The molecule has 0 fully saturated rings. The van der Waals surface area contributed by atoms with E-state index in [0.717, 1.165) is 46.4 Å². The summed E-state index contributed by atoms with van der Waals surface area (Å²) in [4.78, 5) is 12.2. The summed E-state index contributed by atoms with van der Waals surface area (Å²) in [5, 5.41) is 3.48. The summed E-state index contributed by atoms with van der Waals surface area (Å²) < 4.78 is 0. The Morgan fingerprint density at radius 1 is 0.649 bits per heavy atom. The second-order valence-corrected chi connectivity index (χ2v) is 9.12. The van der Waals surface area contributed by atoms with Gasteiger partial charge in [-0.15, -0.1) is 0 Å². The summed E-state index contributed by atoms with van der Waals surface area (Å²) in [5.74, 6) is 0.850. The van der Waals surface area contributed by atoms with Crippen LogP contribution in [0.5, 0.6) is 0 Å². The Kier molecular flexibility index (Phi) is 5.14. The molecule has 0 saturated heterocycles. The molecule has 0 unspecified atom stereocenters. The van der Waals surface area contributed by atoms with Crippen molar-refractivity contribution >= 4 is 22.9 Å². The third-order valence-electron chi connectivity index (χ3n) is 6.88. The third kappa shape index (κ3) is 3.71. The lowest BCUT2D eigenvalue weighted by Crippen LogP contribution is -2.18. The van der Waals surface area contributed by atoms with Gasteiger partial charge in [0.25, 0.3) is 0 Å². The van der Waals surface area contributed by atoms with Gasteiger partial charge in [0.1, 0.15) is 5.82 Å². The molecule has 2 aromatic heterocycles. The topological polar surface area (TPSA) is 41.1 Å². The highest BCUT2D eigenvalue weighted by Gasteiger charge is 2.27. The fourth-order valence-electron chi connectivity index (χ4n) is 5.21. The molecule has 1 N–H and O–H groups in total. The molecule has 0 aliphatic carbocycles. The Morgan fingerprint density at radius 3 is 1.92 bits per heavy atom. The van der Waals surface area contributed by atoms with E-state index in [1.54, 1.807) is 0 Å². The van der Waals surface area contributed by atoms with Crippen LogP contribution in [0.1, 0.15) is 5.69 Å². The molecular formula is C33H24N4. The Balaban J connectivity index is 1.53. The number of benzene rings is 3. The number of anilines is 3. The van der Waals surface area contributed by atoms with E-state index >= 15 is 0 Å². The van der Waals surface area contributed by atoms with Crippen molar-refractivity contribution in [3.05, 3.63) is 133 Å². The highest BCUT2D eigenvalue weighted by atomic mass is 15.2. The number of nitrogens with one attached hydrogen (secondary N) is 1. The zero-order valence-corrected chi connectivity index (χ0v) is 20.2. The molecule has 4 heterocycles. The van der Waals surface area contributed by atoms with Gasteiger partial charge in [-0.3, -0.25) is 9.88 Å². The highest BCUT2D eigenvalue weighted by Crippen LogP contribution is 2.50. The maximum absolute atomic E-state index is 5.24. The molecule has 0 atom stereocenters. The van der Waals surface area contributed by atoms with Crippen LogP contribution in [0.25, 0.3) is 39.2 Å². The largest absolute Gasteiger partial charge is 0.380 e. The predicted molar refractivity (Wildman–Crippen MR) is 152 cm³/mol. The van der Waals surface area contributed by atoms with Crippen LogP contribution < -0.4 is 10.2 Å². The second kappa shape index (κ2) is 8.92. The van der Waals surface area contributed by atoms with Crippen molar-refractivity contribution in [2.24, 2.45) is 0 Å². The van der Waals surface area contributed by atoms with Crippen molar-refractivity contribution in [3.8, 4) is 33.5 Å². The summed E-state index contributed by atoms with van der Waals surface area (Å²) in [7, 11) is 0. The smallest absolute Gasteiger partial charge is 0.139 e. The minimum absolute atomic E-state index is 0.779. The maximum Gasteiger partial charge on any atom is 0.139 e. The van der Waals surface area contributed by atoms with Crippen LogP contribution in [0.15, 0.2) is 128 Å². The van der Waals surface area contributed by atoms with E-state index < -0.39 is 0 Å². The van der Waals surface area contributed by atoms with Crippen molar-refractivity contribution in [2.45, 2.75) is 0 Å². The summed E-state index contributed by atoms with van der Waals surface area (Å²) in [6.45, 7) is 0.779. The predicted octanol–water partition coefficient (Wildman–Crippen LogP) is 7.76. The number of allylic oxidation sites excluding steroid dienone is 2. The number of pyridine rings is 2. The van der Waals surface area contributed by atoms with Gasteiger partial charge in [-0.1, -0.05) is 78.9 Å². The molecule has 7 rings (SSSR count). The lowest BCUT2D eigenvalue weighted by molar-refractivity contribution is 0.979. The first-order valence-electron chi connectivity index (χ1n) is 12.5. The average molecular weight is 477 g/mol. The second-order valence-electron chi connectivity index (χ2n) is 9.12. The van der Waals surface area contributed by atoms with Gasteiger partial charge < -0.3 is 5.32 Å². The molecule has 3 aromatic carbocycles. The molecule has 2 aliphatic heterocycles. The van der Waals surface area contributed by atoms with Crippen molar-refractivity contribution in [2.75, 3.05) is 11.4 Å². The van der Waals surface area contributed by atoms with Gasteiger partial charge >= 0.3 is 0 Å². The number of dihydropyridines is 1. The van der Waals surface area contributed by atoms with Gasteiger partial charge in [0.2, 0.25) is 0 Å². The quantitative estimate of drug-likeness (QED) is 0.283. The molecule has 176 valence electrons. The number of nitrogens with zero attached hydrogens (tertiary/aromatic N) is 3. The van der Waals surface area contributed by atoms with E-state index in [4.69, 9.17) is 4.98 Å². The van der Waals surface area contributed by atoms with Crippen molar-refractivity contribution in [1.82, 2.24) is 15.3 Å². The molecule has 0 saturated carbocycles. The fraction of sp³-hybridized carbons (Fsp3) is 0.0303. The van der Waals surface area contributed by atoms with Crippen LogP contribution >= 0.6 is 0 Å². The number of hydrogen-bond acceptors (Lipinski definition) is 4. The molecule has 0 bridgehead atoms. The Morgan fingerprint density at radius 2 is 1.30 bits per heavy atom. The number of aromatic nitrogens is 2. The van der Waals surface area contributed by atoms with Crippen LogP contribution in [-0.4, -0.2) is 16.5 Å². The molecule has 4 nitrogen and oxygen atoms in total. The van der Waals surface area contributed by atoms with Crippen molar-refractivity contribution < 1.29 is 0 Å². The first-order chi connectivity index (χ1) is 18.4. The zero-order chi connectivity index (χ0) is 24.6. The van der Waals surface area contributed by atoms with E-state index in [-0.39, 0.29) is 0 Å². The van der Waals surface area contributed by atoms with Crippen LogP contribution in [0, 0.1) is 0 Å². The number of rotatable bonds is 3. The molecule has 0 amide bonds. The lowest BCUT2D eigenvalue weighted by Gasteiger charge is -2.27. The van der Waals surface area contributed by atoms with Gasteiger partial charge in [-0.2, -0.15) is 0 Å². The van der Waals surface area contributed by atoms with E-state index in [1.165, 1.54) is 22.3 Å². The Bertz CT molecular complexity index is 1620. The molecule has 5 aromatic rings. The van der Waals surface area contributed by atoms with Gasteiger partial charge in [-0.05, 0) is 53.6 Å². The third-order valence-corrected chi connectivity index (χ3v) is 6.88. The van der Waals surface area contributed by atoms with E-state index in [2.05, 4.69) is 118 Å². The minimum atomic E-state index is 0.779. The number of para-hydroxylation sites is 2. The summed E-state index contributed by atoms with van der Waals surface area (Å²) in [6, 6.07) is 36.1. The fourth-order valence-corrected chi connectivity index (χ4v) is 5.21. The van der Waals surface area contributed by atoms with Gasteiger partial charge in [0, 0.05) is 29.4 Å². The number of fused-ring (bicyclic) bond motifs is 5. The molecule has 0 spiro atoms. The van der Waals surface area contributed by atoms with Crippen LogP contribution in [-0.2, 0) is 0 Å². The SMILES string of the molecule is C1=CCNC(c2cc(-c3ccccn3)cc(N3c4ccccc4-c4ccccc4-c4ccccc43)n2)=C1. The van der Waals surface area contributed by atoms with Gasteiger partial charge in [0.05, 0.1) is 28.5 Å². The minimum Gasteiger partial charge on any atom is -0.380 e. The highest BCUT2D eigenvalue weighted by molar-refractivity contribution is 6.02. The first kappa shape index (κ1) is 21.3. The summed E-state index contributed by atoms with van der Waals surface area (Å²) in [5.41, 5.74) is 10.8. The zero-order valence-electron chi connectivity index (χ0n) is 20.2. The number of hydrogen-bond donors (Lipinski definition) is 1. The monoisotopic (exact) mass is 476 g/mol. The van der Waals surface area contributed by atoms with Gasteiger partial charge in [-0.25, -0.2) is 4.98 Å². The molecule has 0 radical (unpaired) electrons. The van der Waals surface area contributed by atoms with Crippen molar-refractivity contribution in [3.63, 3.8) is 0 Å². The van der Waals surface area contributed by atoms with Crippen LogP contribution in [0.4, 0.5) is 17.2 Å². The van der Waals surface area contributed by atoms with Crippen LogP contribution in [0.2, 0.25) is 0 Å². The first-order valence-corrected chi connectivity index (χ1v) is 12.5. The van der Waals surface area contributed by atoms with Gasteiger partial charge in [0.15, 0.2) is 0 Å². The molecule has 2 aliphatic rings. The van der Waals surface area contributed by atoms with E-state index in [1.807, 2.05) is 24.4 Å². The summed E-state index contributed by atoms with van der Waals surface area (Å²) >= 11 is 0. The molecule has 37 heavy (non-hydrogen) atoms. The van der Waals surface area contributed by atoms with Crippen LogP contribution in [0.3, 0.4) is 0 Å². The maximum atomic E-state index is 5.24. The molecule has 4 heteroatoms. The standard InChI is InChI=1S/C33H24N4/c1-2-12-25-24(11-1)26-13-3-5-17-31(26)37(32-18-6-4-14-27(25)32)33-22-23(28-15-7-9-19-34-28)21-30(36-33)29-16-8-10-20-35-29/h1-19,21-22,35H,20H2.